The van der Waals surface area contributed by atoms with Gasteiger partial charge in [0.2, 0.25) is 0 Å². The van der Waals surface area contributed by atoms with Crippen molar-refractivity contribution < 1.29 is 0 Å². The third-order valence-electron chi connectivity index (χ3n) is 3.51. The highest BCUT2D eigenvalue weighted by Gasteiger charge is 2.12. The molecule has 2 rings (SSSR count). The smallest absolute Gasteiger partial charge is 0.101 e. The van der Waals surface area contributed by atoms with Gasteiger partial charge in [-0.3, -0.25) is 0 Å². The van der Waals surface area contributed by atoms with Crippen molar-refractivity contribution in [1.82, 2.24) is 5.32 Å². The summed E-state index contributed by atoms with van der Waals surface area (Å²) in [7, 11) is 1.91. The van der Waals surface area contributed by atoms with Crippen LogP contribution in [0.5, 0.6) is 0 Å². The molecule has 0 bridgehead atoms. The lowest BCUT2D eigenvalue weighted by Gasteiger charge is -2.25. The number of benzene rings is 2. The number of anilines is 2. The Morgan fingerprint density at radius 3 is 2.43 bits per heavy atom. The third-order valence-corrected chi connectivity index (χ3v) is 3.51. The van der Waals surface area contributed by atoms with Crippen molar-refractivity contribution in [3.8, 4) is 6.07 Å². The fourth-order valence-corrected chi connectivity index (χ4v) is 2.44. The van der Waals surface area contributed by atoms with Crippen LogP contribution in [0.2, 0.25) is 0 Å². The minimum absolute atomic E-state index is 0.713. The standard InChI is InChI=1S/C18H21N3/c1-4-21(17-8-5-14(2)6-9-17)18-10-7-15(13-20-3)11-16(18)12-19/h5-11,20H,4,13H2,1-3H3. The molecule has 2 aromatic rings. The van der Waals surface area contributed by atoms with Gasteiger partial charge in [0.1, 0.15) is 6.07 Å². The van der Waals surface area contributed by atoms with Gasteiger partial charge < -0.3 is 10.2 Å². The van der Waals surface area contributed by atoms with Crippen molar-refractivity contribution in [1.29, 1.82) is 5.26 Å². The summed E-state index contributed by atoms with van der Waals surface area (Å²) < 4.78 is 0. The predicted octanol–water partition coefficient (Wildman–Crippen LogP) is 3.74. The summed E-state index contributed by atoms with van der Waals surface area (Å²) in [6.07, 6.45) is 0. The maximum atomic E-state index is 9.45. The van der Waals surface area contributed by atoms with E-state index in [-0.39, 0.29) is 0 Å². The lowest BCUT2D eigenvalue weighted by molar-refractivity contribution is 0.817. The summed E-state index contributed by atoms with van der Waals surface area (Å²) in [5.74, 6) is 0. The average molecular weight is 279 g/mol. The summed E-state index contributed by atoms with van der Waals surface area (Å²) in [6.45, 7) is 5.77. The molecule has 2 aromatic carbocycles. The molecule has 0 aromatic heterocycles. The minimum atomic E-state index is 0.713. The Labute approximate surface area is 126 Å². The number of hydrogen-bond donors (Lipinski definition) is 1. The first-order chi connectivity index (χ1) is 10.2. The molecule has 0 saturated heterocycles. The van der Waals surface area contributed by atoms with Crippen LogP contribution in [0, 0.1) is 18.3 Å². The number of nitrogens with one attached hydrogen (secondary N) is 1. The van der Waals surface area contributed by atoms with Crippen molar-refractivity contribution in [2.24, 2.45) is 0 Å². The van der Waals surface area contributed by atoms with Crippen LogP contribution in [0.1, 0.15) is 23.6 Å². The van der Waals surface area contributed by atoms with E-state index < -0.39 is 0 Å². The minimum Gasteiger partial charge on any atom is -0.341 e. The van der Waals surface area contributed by atoms with E-state index in [4.69, 9.17) is 0 Å². The van der Waals surface area contributed by atoms with Crippen molar-refractivity contribution in [2.45, 2.75) is 20.4 Å². The quantitative estimate of drug-likeness (QED) is 0.906. The second-order valence-electron chi connectivity index (χ2n) is 5.07. The molecule has 1 N–H and O–H groups in total. The number of hydrogen-bond acceptors (Lipinski definition) is 3. The van der Waals surface area contributed by atoms with Gasteiger partial charge in [0.05, 0.1) is 11.3 Å². The topological polar surface area (TPSA) is 39.1 Å². The molecule has 0 aliphatic heterocycles. The first kappa shape index (κ1) is 15.1. The van der Waals surface area contributed by atoms with E-state index in [0.29, 0.717) is 5.56 Å². The van der Waals surface area contributed by atoms with Crippen LogP contribution >= 0.6 is 0 Å². The maximum Gasteiger partial charge on any atom is 0.101 e. The van der Waals surface area contributed by atoms with Crippen molar-refractivity contribution in [3.05, 3.63) is 59.2 Å². The van der Waals surface area contributed by atoms with Crippen molar-refractivity contribution in [2.75, 3.05) is 18.5 Å². The van der Waals surface area contributed by atoms with Crippen LogP contribution in [0.25, 0.3) is 0 Å². The Morgan fingerprint density at radius 2 is 1.86 bits per heavy atom. The van der Waals surface area contributed by atoms with Crippen LogP contribution in [0.3, 0.4) is 0 Å². The Morgan fingerprint density at radius 1 is 1.14 bits per heavy atom. The van der Waals surface area contributed by atoms with Gasteiger partial charge in [-0.1, -0.05) is 23.8 Å². The molecule has 0 atom stereocenters. The molecular formula is C18H21N3. The van der Waals surface area contributed by atoms with Crippen LogP contribution in [-0.4, -0.2) is 13.6 Å². The molecule has 0 spiro atoms. The van der Waals surface area contributed by atoms with E-state index in [1.54, 1.807) is 0 Å². The highest BCUT2D eigenvalue weighted by molar-refractivity contribution is 5.70. The van der Waals surface area contributed by atoms with E-state index in [1.807, 2.05) is 19.2 Å². The molecule has 3 nitrogen and oxygen atoms in total. The molecule has 3 heteroatoms. The molecular weight excluding hydrogens is 258 g/mol. The van der Waals surface area contributed by atoms with E-state index >= 15 is 0 Å². The van der Waals surface area contributed by atoms with E-state index in [1.165, 1.54) is 5.56 Å². The summed E-state index contributed by atoms with van der Waals surface area (Å²) >= 11 is 0. The zero-order valence-corrected chi connectivity index (χ0v) is 12.9. The highest BCUT2D eigenvalue weighted by Crippen LogP contribution is 2.29. The molecule has 0 aliphatic carbocycles. The molecule has 0 saturated carbocycles. The molecule has 0 heterocycles. The molecule has 0 radical (unpaired) electrons. The summed E-state index contributed by atoms with van der Waals surface area (Å²) in [5.41, 5.74) is 5.15. The van der Waals surface area contributed by atoms with Gasteiger partial charge in [0.25, 0.3) is 0 Å². The van der Waals surface area contributed by atoms with Gasteiger partial charge >= 0.3 is 0 Å². The predicted molar refractivity (Wildman–Crippen MR) is 87.8 cm³/mol. The first-order valence-electron chi connectivity index (χ1n) is 7.21. The van der Waals surface area contributed by atoms with Crippen LogP contribution < -0.4 is 10.2 Å². The second-order valence-corrected chi connectivity index (χ2v) is 5.07. The number of rotatable bonds is 5. The summed E-state index contributed by atoms with van der Waals surface area (Å²) in [6, 6.07) is 16.8. The van der Waals surface area contributed by atoms with Crippen molar-refractivity contribution in [3.63, 3.8) is 0 Å². The SMILES string of the molecule is CCN(c1ccc(C)cc1)c1ccc(CNC)cc1C#N. The monoisotopic (exact) mass is 279 g/mol. The van der Waals surface area contributed by atoms with Gasteiger partial charge in [0, 0.05) is 18.8 Å². The second kappa shape index (κ2) is 6.92. The van der Waals surface area contributed by atoms with Crippen molar-refractivity contribution >= 4 is 11.4 Å². The Bertz CT molecular complexity index is 639. The van der Waals surface area contributed by atoms with Crippen LogP contribution in [0.15, 0.2) is 42.5 Å². The van der Waals surface area contributed by atoms with Gasteiger partial charge in [-0.25, -0.2) is 0 Å². The summed E-state index contributed by atoms with van der Waals surface area (Å²) in [5, 5.41) is 12.6. The average Bonchev–Trinajstić information content (AvgIpc) is 2.51. The number of nitrogens with zero attached hydrogens (tertiary/aromatic N) is 2. The van der Waals surface area contributed by atoms with Gasteiger partial charge in [-0.05, 0) is 50.7 Å². The van der Waals surface area contributed by atoms with Gasteiger partial charge in [-0.2, -0.15) is 5.26 Å². The molecule has 0 unspecified atom stereocenters. The zero-order valence-electron chi connectivity index (χ0n) is 12.9. The lowest BCUT2D eigenvalue weighted by atomic mass is 10.1. The third kappa shape index (κ3) is 3.42. The number of aryl methyl sites for hydroxylation is 1. The van der Waals surface area contributed by atoms with E-state index in [9.17, 15) is 5.26 Å². The lowest BCUT2D eigenvalue weighted by Crippen LogP contribution is -2.17. The van der Waals surface area contributed by atoms with Gasteiger partial charge in [-0.15, -0.1) is 0 Å². The molecule has 21 heavy (non-hydrogen) atoms. The number of nitriles is 1. The molecule has 0 aliphatic rings. The Hall–Kier alpha value is -2.31. The van der Waals surface area contributed by atoms with E-state index in [2.05, 4.69) is 60.5 Å². The fraction of sp³-hybridized carbons (Fsp3) is 0.278. The fourth-order valence-electron chi connectivity index (χ4n) is 2.44. The molecule has 0 fully saturated rings. The van der Waals surface area contributed by atoms with Gasteiger partial charge in [0.15, 0.2) is 0 Å². The largest absolute Gasteiger partial charge is 0.341 e. The molecule has 0 amide bonds. The first-order valence-corrected chi connectivity index (χ1v) is 7.21. The summed E-state index contributed by atoms with van der Waals surface area (Å²) in [4.78, 5) is 2.17. The normalized spacial score (nSPS) is 10.2. The maximum absolute atomic E-state index is 9.45. The zero-order chi connectivity index (χ0) is 15.2. The van der Waals surface area contributed by atoms with Crippen LogP contribution in [-0.2, 0) is 6.54 Å². The Kier molecular flexibility index (Phi) is 4.97. The Balaban J connectivity index is 2.42. The molecule has 108 valence electrons. The van der Waals surface area contributed by atoms with Crippen LogP contribution in [0.4, 0.5) is 11.4 Å². The highest BCUT2D eigenvalue weighted by atomic mass is 15.1. The van der Waals surface area contributed by atoms with E-state index in [0.717, 1.165) is 30.0 Å².